The molecule has 2 aromatic heterocycles. The number of amides is 1. The summed E-state index contributed by atoms with van der Waals surface area (Å²) in [5, 5.41) is 9.81. The van der Waals surface area contributed by atoms with Crippen molar-refractivity contribution < 1.29 is 18.0 Å². The Bertz CT molecular complexity index is 844. The van der Waals surface area contributed by atoms with Gasteiger partial charge in [-0.05, 0) is 30.0 Å². The van der Waals surface area contributed by atoms with E-state index in [1.807, 2.05) is 24.4 Å². The van der Waals surface area contributed by atoms with Gasteiger partial charge in [-0.25, -0.2) is 8.78 Å². The predicted octanol–water partition coefficient (Wildman–Crippen LogP) is 4.13. The highest BCUT2D eigenvalue weighted by molar-refractivity contribution is 7.13. The van der Waals surface area contributed by atoms with Crippen molar-refractivity contribution >= 4 is 17.2 Å². The minimum absolute atomic E-state index is 0.0519. The zero-order valence-corrected chi connectivity index (χ0v) is 14.2. The van der Waals surface area contributed by atoms with Crippen LogP contribution in [0.4, 0.5) is 8.78 Å². The molecule has 0 saturated carbocycles. The number of carbonyl (C=O) groups is 1. The van der Waals surface area contributed by atoms with Gasteiger partial charge in [0.15, 0.2) is 0 Å². The summed E-state index contributed by atoms with van der Waals surface area (Å²) in [4.78, 5) is 14.8. The number of rotatable bonds is 6. The molecule has 0 fully saturated rings. The fraction of sp³-hybridized carbons (Fsp3) is 0.235. The van der Waals surface area contributed by atoms with Crippen LogP contribution in [0, 0.1) is 11.6 Å². The second-order valence-corrected chi connectivity index (χ2v) is 6.31. The third-order valence-electron chi connectivity index (χ3n) is 3.42. The monoisotopic (exact) mass is 363 g/mol. The fourth-order valence-electron chi connectivity index (χ4n) is 2.36. The molecule has 25 heavy (non-hydrogen) atoms. The number of hydrogen-bond acceptors (Lipinski definition) is 5. The lowest BCUT2D eigenvalue weighted by molar-refractivity contribution is 0.0727. The molecule has 0 bridgehead atoms. The van der Waals surface area contributed by atoms with Gasteiger partial charge in [-0.1, -0.05) is 13.0 Å². The molecule has 2 heterocycles. The minimum Gasteiger partial charge on any atom is -0.418 e. The number of thiophene rings is 1. The van der Waals surface area contributed by atoms with Crippen molar-refractivity contribution in [2.75, 3.05) is 6.54 Å². The molecule has 0 spiro atoms. The van der Waals surface area contributed by atoms with E-state index < -0.39 is 17.5 Å². The molecule has 3 aromatic rings. The first-order chi connectivity index (χ1) is 12.1. The molecule has 8 heteroatoms. The van der Waals surface area contributed by atoms with Crippen LogP contribution in [-0.4, -0.2) is 27.5 Å². The second kappa shape index (κ2) is 7.52. The molecule has 0 aliphatic rings. The molecule has 0 saturated heterocycles. The van der Waals surface area contributed by atoms with Crippen LogP contribution in [0.1, 0.15) is 29.6 Å². The van der Waals surface area contributed by atoms with Crippen LogP contribution in [-0.2, 0) is 6.54 Å². The van der Waals surface area contributed by atoms with Gasteiger partial charge in [-0.15, -0.1) is 21.5 Å². The van der Waals surface area contributed by atoms with Crippen molar-refractivity contribution in [3.05, 3.63) is 58.8 Å². The maximum atomic E-state index is 13.4. The summed E-state index contributed by atoms with van der Waals surface area (Å²) in [6, 6.07) is 6.48. The van der Waals surface area contributed by atoms with E-state index in [0.717, 1.165) is 23.1 Å². The second-order valence-electron chi connectivity index (χ2n) is 5.36. The number of hydrogen-bond donors (Lipinski definition) is 0. The lowest BCUT2D eigenvalue weighted by atomic mass is 10.2. The van der Waals surface area contributed by atoms with E-state index >= 15 is 0 Å². The van der Waals surface area contributed by atoms with E-state index in [-0.39, 0.29) is 18.0 Å². The Balaban J connectivity index is 1.80. The summed E-state index contributed by atoms with van der Waals surface area (Å²) in [7, 11) is 0. The molecule has 0 atom stereocenters. The number of aromatic nitrogens is 2. The summed E-state index contributed by atoms with van der Waals surface area (Å²) in [6.45, 7) is 2.37. The third kappa shape index (κ3) is 4.08. The molecular formula is C17H15F2N3O2S. The number of benzene rings is 1. The first-order valence-electron chi connectivity index (χ1n) is 7.68. The molecular weight excluding hydrogens is 348 g/mol. The van der Waals surface area contributed by atoms with E-state index in [0.29, 0.717) is 18.9 Å². The maximum absolute atomic E-state index is 13.4. The van der Waals surface area contributed by atoms with Gasteiger partial charge in [-0.2, -0.15) is 0 Å². The van der Waals surface area contributed by atoms with Gasteiger partial charge in [0.2, 0.25) is 5.89 Å². The standard InChI is InChI=1S/C17H15F2N3O2S/c1-2-5-22(17(23)11-7-12(18)9-13(19)8-11)10-15-20-21-16(24-15)14-4-3-6-25-14/h3-4,6-9H,2,5,10H2,1H3. The smallest absolute Gasteiger partial charge is 0.257 e. The number of nitrogens with zero attached hydrogens (tertiary/aromatic N) is 3. The van der Waals surface area contributed by atoms with E-state index in [9.17, 15) is 13.6 Å². The third-order valence-corrected chi connectivity index (χ3v) is 4.27. The van der Waals surface area contributed by atoms with Gasteiger partial charge in [0, 0.05) is 18.2 Å². The van der Waals surface area contributed by atoms with Gasteiger partial charge in [0.05, 0.1) is 11.4 Å². The molecule has 0 N–H and O–H groups in total. The number of carbonyl (C=O) groups excluding carboxylic acids is 1. The molecule has 1 aromatic carbocycles. The Hall–Kier alpha value is -2.61. The summed E-state index contributed by atoms with van der Waals surface area (Å²) in [5.41, 5.74) is -0.0519. The Labute approximate surface area is 146 Å². The average molecular weight is 363 g/mol. The summed E-state index contributed by atoms with van der Waals surface area (Å²) < 4.78 is 32.3. The predicted molar refractivity (Wildman–Crippen MR) is 89.0 cm³/mol. The van der Waals surface area contributed by atoms with Gasteiger partial charge in [-0.3, -0.25) is 4.79 Å². The highest BCUT2D eigenvalue weighted by atomic mass is 32.1. The molecule has 3 rings (SSSR count). The lowest BCUT2D eigenvalue weighted by Crippen LogP contribution is -2.31. The molecule has 5 nitrogen and oxygen atoms in total. The highest BCUT2D eigenvalue weighted by Gasteiger charge is 2.20. The lowest BCUT2D eigenvalue weighted by Gasteiger charge is -2.20. The molecule has 0 unspecified atom stereocenters. The van der Waals surface area contributed by atoms with E-state index in [1.54, 1.807) is 0 Å². The van der Waals surface area contributed by atoms with Gasteiger partial charge in [0.25, 0.3) is 11.8 Å². The zero-order chi connectivity index (χ0) is 17.8. The van der Waals surface area contributed by atoms with Crippen molar-refractivity contribution in [3.8, 4) is 10.8 Å². The van der Waals surface area contributed by atoms with E-state index in [2.05, 4.69) is 10.2 Å². The Kier molecular flexibility index (Phi) is 5.18. The van der Waals surface area contributed by atoms with Crippen LogP contribution in [0.5, 0.6) is 0 Å². The molecule has 0 aliphatic heterocycles. The van der Waals surface area contributed by atoms with Crippen LogP contribution in [0.15, 0.2) is 40.1 Å². The van der Waals surface area contributed by atoms with Crippen molar-refractivity contribution in [3.63, 3.8) is 0 Å². The fourth-order valence-corrected chi connectivity index (χ4v) is 3.01. The Morgan fingerprint density at radius 1 is 1.24 bits per heavy atom. The van der Waals surface area contributed by atoms with Crippen molar-refractivity contribution in [2.45, 2.75) is 19.9 Å². The average Bonchev–Trinajstić information content (AvgIpc) is 3.24. The molecule has 130 valence electrons. The Morgan fingerprint density at radius 3 is 2.64 bits per heavy atom. The van der Waals surface area contributed by atoms with Gasteiger partial charge >= 0.3 is 0 Å². The molecule has 1 amide bonds. The number of halogens is 2. The topological polar surface area (TPSA) is 59.2 Å². The normalized spacial score (nSPS) is 10.8. The van der Waals surface area contributed by atoms with Crippen LogP contribution in [0.3, 0.4) is 0 Å². The minimum atomic E-state index is -0.794. The van der Waals surface area contributed by atoms with E-state index in [1.165, 1.54) is 16.2 Å². The molecule has 0 aliphatic carbocycles. The quantitative estimate of drug-likeness (QED) is 0.661. The summed E-state index contributed by atoms with van der Waals surface area (Å²) >= 11 is 1.46. The van der Waals surface area contributed by atoms with Crippen LogP contribution in [0.25, 0.3) is 10.8 Å². The van der Waals surface area contributed by atoms with Gasteiger partial charge < -0.3 is 9.32 Å². The molecule has 0 radical (unpaired) electrons. The maximum Gasteiger partial charge on any atom is 0.257 e. The van der Waals surface area contributed by atoms with Gasteiger partial charge in [0.1, 0.15) is 11.6 Å². The summed E-state index contributed by atoms with van der Waals surface area (Å²) in [6.07, 6.45) is 0.676. The van der Waals surface area contributed by atoms with Crippen molar-refractivity contribution in [1.82, 2.24) is 15.1 Å². The van der Waals surface area contributed by atoms with Crippen LogP contribution in [0.2, 0.25) is 0 Å². The largest absolute Gasteiger partial charge is 0.418 e. The first kappa shape index (κ1) is 17.2. The van der Waals surface area contributed by atoms with Crippen molar-refractivity contribution in [2.24, 2.45) is 0 Å². The first-order valence-corrected chi connectivity index (χ1v) is 8.56. The Morgan fingerprint density at radius 2 is 2.00 bits per heavy atom. The van der Waals surface area contributed by atoms with Crippen LogP contribution >= 0.6 is 11.3 Å². The summed E-state index contributed by atoms with van der Waals surface area (Å²) in [5.74, 6) is -1.43. The SMILES string of the molecule is CCCN(Cc1nnc(-c2cccs2)o1)C(=O)c1cc(F)cc(F)c1. The van der Waals surface area contributed by atoms with E-state index in [4.69, 9.17) is 4.42 Å². The van der Waals surface area contributed by atoms with Crippen LogP contribution < -0.4 is 0 Å². The zero-order valence-electron chi connectivity index (χ0n) is 13.4. The van der Waals surface area contributed by atoms with Crippen molar-refractivity contribution in [1.29, 1.82) is 0 Å². The highest BCUT2D eigenvalue weighted by Crippen LogP contribution is 2.23.